The summed E-state index contributed by atoms with van der Waals surface area (Å²) in [5.41, 5.74) is 4.97. The zero-order valence-electron chi connectivity index (χ0n) is 21.0. The number of nitrogens with one attached hydrogen (secondary N) is 2. The van der Waals surface area contributed by atoms with Crippen LogP contribution in [0.25, 0.3) is 0 Å². The molecule has 1 aliphatic heterocycles. The maximum Gasteiger partial charge on any atom is 0.309 e. The van der Waals surface area contributed by atoms with Crippen molar-refractivity contribution in [1.29, 1.82) is 0 Å². The summed E-state index contributed by atoms with van der Waals surface area (Å²) in [6, 6.07) is 17.0. The number of carbonyl (C=O) groups is 2. The molecule has 0 aliphatic carbocycles. The molecule has 2 aromatic rings. The number of amides is 2. The van der Waals surface area contributed by atoms with Gasteiger partial charge in [-0.2, -0.15) is 0 Å². The van der Waals surface area contributed by atoms with E-state index in [-0.39, 0.29) is 6.04 Å². The van der Waals surface area contributed by atoms with E-state index in [4.69, 9.17) is 0 Å². The van der Waals surface area contributed by atoms with Gasteiger partial charge in [-0.1, -0.05) is 50.2 Å². The van der Waals surface area contributed by atoms with Gasteiger partial charge in [-0.3, -0.25) is 14.5 Å². The van der Waals surface area contributed by atoms with Crippen molar-refractivity contribution in [3.05, 3.63) is 65.2 Å². The highest BCUT2D eigenvalue weighted by Gasteiger charge is 2.26. The Hall–Kier alpha value is -2.90. The second kappa shape index (κ2) is 12.5. The average Bonchev–Trinajstić information content (AvgIpc) is 2.86. The first kappa shape index (κ1) is 25.7. The summed E-state index contributed by atoms with van der Waals surface area (Å²) in [4.78, 5) is 31.6. The molecule has 1 unspecified atom stereocenters. The third-order valence-corrected chi connectivity index (χ3v) is 6.67. The zero-order valence-corrected chi connectivity index (χ0v) is 21.0. The van der Waals surface area contributed by atoms with E-state index in [0.29, 0.717) is 13.1 Å². The SMILES string of the molecule is CCN(CC)CCNC(=O)C(=O)NCC(c1ccc(N(C)C)cc1)N1CCc2ccccc2C1. The van der Waals surface area contributed by atoms with Crippen LogP contribution in [0.1, 0.15) is 36.6 Å². The number of hydrogen-bond acceptors (Lipinski definition) is 5. The Morgan fingerprint density at radius 3 is 2.24 bits per heavy atom. The molecule has 1 heterocycles. The standard InChI is InChI=1S/C27H39N5O2/c1-5-31(6-2)18-16-28-26(33)27(34)29-19-25(22-11-13-24(14-12-22)30(3)4)32-17-15-21-9-7-8-10-23(21)20-32/h7-14,25H,5-6,15-20H2,1-4H3,(H,28,33)(H,29,34). The van der Waals surface area contributed by atoms with Crippen molar-refractivity contribution in [3.63, 3.8) is 0 Å². The molecule has 184 valence electrons. The molecule has 7 heteroatoms. The minimum absolute atomic E-state index is 0.0167. The normalized spacial score (nSPS) is 14.4. The van der Waals surface area contributed by atoms with Gasteiger partial charge in [0.25, 0.3) is 0 Å². The van der Waals surface area contributed by atoms with Crippen LogP contribution >= 0.6 is 0 Å². The van der Waals surface area contributed by atoms with Gasteiger partial charge in [-0.15, -0.1) is 0 Å². The first-order chi connectivity index (χ1) is 16.4. The predicted octanol–water partition coefficient (Wildman–Crippen LogP) is 2.43. The molecule has 0 radical (unpaired) electrons. The number of benzene rings is 2. The van der Waals surface area contributed by atoms with E-state index >= 15 is 0 Å². The van der Waals surface area contributed by atoms with Crippen LogP contribution in [0.5, 0.6) is 0 Å². The third-order valence-electron chi connectivity index (χ3n) is 6.67. The summed E-state index contributed by atoms with van der Waals surface area (Å²) in [6.45, 7) is 9.32. The smallest absolute Gasteiger partial charge is 0.309 e. The minimum Gasteiger partial charge on any atom is -0.378 e. The number of likely N-dealkylation sites (N-methyl/N-ethyl adjacent to an activating group) is 1. The first-order valence-electron chi connectivity index (χ1n) is 12.3. The second-order valence-corrected chi connectivity index (χ2v) is 8.98. The minimum atomic E-state index is -0.577. The Bertz CT molecular complexity index is 940. The second-order valence-electron chi connectivity index (χ2n) is 8.98. The summed E-state index contributed by atoms with van der Waals surface area (Å²) in [7, 11) is 4.04. The largest absolute Gasteiger partial charge is 0.378 e. The maximum atomic E-state index is 12.6. The van der Waals surface area contributed by atoms with Crippen LogP contribution in [0, 0.1) is 0 Å². The molecule has 0 saturated carbocycles. The summed E-state index contributed by atoms with van der Waals surface area (Å²) in [6.07, 6.45) is 0.974. The lowest BCUT2D eigenvalue weighted by atomic mass is 9.96. The fraction of sp³-hybridized carbons (Fsp3) is 0.481. The van der Waals surface area contributed by atoms with E-state index in [1.807, 2.05) is 14.1 Å². The van der Waals surface area contributed by atoms with Gasteiger partial charge in [0.15, 0.2) is 0 Å². The number of fused-ring (bicyclic) bond motifs is 1. The fourth-order valence-electron chi connectivity index (χ4n) is 4.45. The van der Waals surface area contributed by atoms with Gasteiger partial charge in [-0.05, 0) is 48.3 Å². The molecule has 7 nitrogen and oxygen atoms in total. The van der Waals surface area contributed by atoms with Crippen LogP contribution in [0.2, 0.25) is 0 Å². The van der Waals surface area contributed by atoms with Crippen molar-refractivity contribution in [2.45, 2.75) is 32.9 Å². The van der Waals surface area contributed by atoms with Crippen LogP contribution in [0.4, 0.5) is 5.69 Å². The van der Waals surface area contributed by atoms with E-state index in [9.17, 15) is 9.59 Å². The number of carbonyl (C=O) groups excluding carboxylic acids is 2. The van der Waals surface area contributed by atoms with E-state index in [0.717, 1.165) is 50.4 Å². The lowest BCUT2D eigenvalue weighted by Gasteiger charge is -2.36. The van der Waals surface area contributed by atoms with Crippen LogP contribution < -0.4 is 15.5 Å². The molecule has 34 heavy (non-hydrogen) atoms. The first-order valence-corrected chi connectivity index (χ1v) is 12.3. The molecule has 2 aromatic carbocycles. The van der Waals surface area contributed by atoms with Crippen LogP contribution in [0.15, 0.2) is 48.5 Å². The molecule has 2 amide bonds. The fourth-order valence-corrected chi connectivity index (χ4v) is 4.45. The van der Waals surface area contributed by atoms with Gasteiger partial charge in [0, 0.05) is 52.5 Å². The highest BCUT2D eigenvalue weighted by atomic mass is 16.2. The van der Waals surface area contributed by atoms with Gasteiger partial charge in [0.1, 0.15) is 0 Å². The quantitative estimate of drug-likeness (QED) is 0.528. The molecule has 0 aromatic heterocycles. The molecular weight excluding hydrogens is 426 g/mol. The molecule has 1 atom stereocenters. The number of hydrogen-bond donors (Lipinski definition) is 2. The van der Waals surface area contributed by atoms with Crippen LogP contribution in [0.3, 0.4) is 0 Å². The maximum absolute atomic E-state index is 12.6. The van der Waals surface area contributed by atoms with Crippen LogP contribution in [-0.2, 0) is 22.6 Å². The van der Waals surface area contributed by atoms with Gasteiger partial charge in [0.05, 0.1) is 6.04 Å². The van der Waals surface area contributed by atoms with Crippen molar-refractivity contribution < 1.29 is 9.59 Å². The summed E-state index contributed by atoms with van der Waals surface area (Å²) >= 11 is 0. The number of anilines is 1. The molecule has 0 spiro atoms. The van der Waals surface area contributed by atoms with Crippen molar-refractivity contribution in [2.24, 2.45) is 0 Å². The van der Waals surface area contributed by atoms with Crippen molar-refractivity contribution in [2.75, 3.05) is 58.3 Å². The van der Waals surface area contributed by atoms with Crippen molar-refractivity contribution in [3.8, 4) is 0 Å². The molecule has 3 rings (SSSR count). The Balaban J connectivity index is 1.67. The molecule has 0 fully saturated rings. The average molecular weight is 466 g/mol. The zero-order chi connectivity index (χ0) is 24.5. The van der Waals surface area contributed by atoms with Crippen LogP contribution in [-0.4, -0.2) is 75.0 Å². The van der Waals surface area contributed by atoms with E-state index in [1.165, 1.54) is 11.1 Å². The molecule has 1 aliphatic rings. The van der Waals surface area contributed by atoms with E-state index in [2.05, 4.69) is 87.7 Å². The van der Waals surface area contributed by atoms with Gasteiger partial charge >= 0.3 is 11.8 Å². The van der Waals surface area contributed by atoms with Crippen molar-refractivity contribution in [1.82, 2.24) is 20.4 Å². The Kier molecular flexibility index (Phi) is 9.48. The highest BCUT2D eigenvalue weighted by molar-refractivity contribution is 6.35. The lowest BCUT2D eigenvalue weighted by Crippen LogP contribution is -2.46. The number of nitrogens with zero attached hydrogens (tertiary/aromatic N) is 3. The van der Waals surface area contributed by atoms with E-state index < -0.39 is 11.8 Å². The highest BCUT2D eigenvalue weighted by Crippen LogP contribution is 2.28. The summed E-state index contributed by atoms with van der Waals surface area (Å²) < 4.78 is 0. The Morgan fingerprint density at radius 1 is 0.941 bits per heavy atom. The molecule has 2 N–H and O–H groups in total. The van der Waals surface area contributed by atoms with Gasteiger partial charge in [0.2, 0.25) is 0 Å². The van der Waals surface area contributed by atoms with E-state index in [1.54, 1.807) is 0 Å². The summed E-state index contributed by atoms with van der Waals surface area (Å²) in [5, 5.41) is 5.63. The molecular formula is C27H39N5O2. The monoisotopic (exact) mass is 465 g/mol. The topological polar surface area (TPSA) is 67.9 Å². The van der Waals surface area contributed by atoms with Gasteiger partial charge in [-0.25, -0.2) is 0 Å². The Morgan fingerprint density at radius 2 is 1.59 bits per heavy atom. The lowest BCUT2D eigenvalue weighted by molar-refractivity contribution is -0.139. The molecule has 0 saturated heterocycles. The third kappa shape index (κ3) is 6.81. The predicted molar refractivity (Wildman–Crippen MR) is 138 cm³/mol. The Labute approximate surface area is 204 Å². The number of rotatable bonds is 10. The summed E-state index contributed by atoms with van der Waals surface area (Å²) in [5.74, 6) is -1.15. The van der Waals surface area contributed by atoms with Crippen molar-refractivity contribution >= 4 is 17.5 Å². The molecule has 0 bridgehead atoms. The van der Waals surface area contributed by atoms with Gasteiger partial charge < -0.3 is 20.4 Å².